The normalized spacial score (nSPS) is 10.5. The molecule has 0 spiro atoms. The minimum Gasteiger partial charge on any atom is -0.252 e. The van der Waals surface area contributed by atoms with Crippen LogP contribution in [0.3, 0.4) is 0 Å². The van der Waals surface area contributed by atoms with Crippen molar-refractivity contribution >= 4 is 11.9 Å². The summed E-state index contributed by atoms with van der Waals surface area (Å²) < 4.78 is 0. The second-order valence-corrected chi connectivity index (χ2v) is 1.96. The molecule has 51 valence electrons. The van der Waals surface area contributed by atoms with Crippen molar-refractivity contribution in [3.05, 3.63) is 30.3 Å². The van der Waals surface area contributed by atoms with E-state index in [4.69, 9.17) is 0 Å². The van der Waals surface area contributed by atoms with Crippen LogP contribution < -0.4 is 0 Å². The first-order chi connectivity index (χ1) is 4.93. The molecule has 0 bridgehead atoms. The molecular weight excluding hydrogens is 122 g/mol. The highest BCUT2D eigenvalue weighted by Gasteiger charge is 1.80. The predicted molar refractivity (Wildman–Crippen MR) is 43.8 cm³/mol. The molecule has 10 heavy (non-hydrogen) atoms. The number of hydrogen-bond donors (Lipinski definition) is 0. The molecule has 1 aromatic rings. The Morgan fingerprint density at radius 1 is 1.30 bits per heavy atom. The van der Waals surface area contributed by atoms with Crippen LogP contribution in [-0.2, 0) is 0 Å². The lowest BCUT2D eigenvalue weighted by molar-refractivity contribution is 1.31. The molecule has 0 unspecified atom stereocenters. The molecule has 0 aliphatic rings. The lowest BCUT2D eigenvalue weighted by Gasteiger charge is -1.87. The Hall–Kier alpha value is -1.11. The van der Waals surface area contributed by atoms with Gasteiger partial charge in [0.25, 0.3) is 0 Å². The summed E-state index contributed by atoms with van der Waals surface area (Å²) in [6, 6.07) is 9.84. The first kappa shape index (κ1) is 7.00. The number of nitrogens with zero attached hydrogens (tertiary/aromatic N) is 1. The first-order valence-electron chi connectivity index (χ1n) is 3.42. The predicted octanol–water partition coefficient (Wildman–Crippen LogP) is 2.68. The zero-order valence-electron chi connectivity index (χ0n) is 6.04. The molecule has 0 saturated heterocycles. The number of rotatable bonds is 2. The van der Waals surface area contributed by atoms with E-state index >= 15 is 0 Å². The van der Waals surface area contributed by atoms with E-state index in [2.05, 4.69) is 11.2 Å². The van der Waals surface area contributed by atoms with Crippen molar-refractivity contribution < 1.29 is 0 Å². The Balaban J connectivity index is 2.67. The van der Waals surface area contributed by atoms with Crippen LogP contribution in [0.1, 0.15) is 13.3 Å². The minimum atomic E-state index is 0.870. The standard InChI is InChI=1S/C9H10N/c1-2-8-10-9-6-4-3-5-7-9/h3-7H,2H2,1H3. The van der Waals surface area contributed by atoms with E-state index in [1.807, 2.05) is 37.3 Å². The van der Waals surface area contributed by atoms with Crippen LogP contribution in [0.15, 0.2) is 35.3 Å². The van der Waals surface area contributed by atoms with Crippen molar-refractivity contribution in [2.45, 2.75) is 13.3 Å². The summed E-state index contributed by atoms with van der Waals surface area (Å²) in [7, 11) is 0. The van der Waals surface area contributed by atoms with Crippen LogP contribution in [0.2, 0.25) is 0 Å². The maximum absolute atomic E-state index is 4.07. The van der Waals surface area contributed by atoms with Gasteiger partial charge in [-0.05, 0) is 18.6 Å². The van der Waals surface area contributed by atoms with Crippen LogP contribution in [0, 0.1) is 0 Å². The molecule has 0 N–H and O–H groups in total. The summed E-state index contributed by atoms with van der Waals surface area (Å²) in [4.78, 5) is 4.07. The molecule has 1 heteroatoms. The summed E-state index contributed by atoms with van der Waals surface area (Å²) in [5.41, 5.74) is 0.976. The summed E-state index contributed by atoms with van der Waals surface area (Å²) in [5, 5.41) is 0. The third kappa shape index (κ3) is 2.02. The molecule has 1 aromatic carbocycles. The molecular formula is C9H10N. The number of aliphatic imine (C=N–C) groups is 1. The molecule has 1 radical (unpaired) electrons. The number of hydrogen-bond acceptors (Lipinski definition) is 1. The van der Waals surface area contributed by atoms with Crippen molar-refractivity contribution in [1.29, 1.82) is 0 Å². The van der Waals surface area contributed by atoms with Gasteiger partial charge in [-0.2, -0.15) is 0 Å². The van der Waals surface area contributed by atoms with Gasteiger partial charge in [0.15, 0.2) is 0 Å². The molecule has 0 fully saturated rings. The molecule has 1 rings (SSSR count). The second-order valence-electron chi connectivity index (χ2n) is 1.96. The highest BCUT2D eigenvalue weighted by Crippen LogP contribution is 2.08. The van der Waals surface area contributed by atoms with E-state index < -0.39 is 0 Å². The fourth-order valence-corrected chi connectivity index (χ4v) is 0.673. The Bertz CT molecular complexity index is 201. The van der Waals surface area contributed by atoms with Gasteiger partial charge in [0.2, 0.25) is 0 Å². The molecule has 1 nitrogen and oxygen atoms in total. The van der Waals surface area contributed by atoms with Crippen molar-refractivity contribution in [3.63, 3.8) is 0 Å². The van der Waals surface area contributed by atoms with Gasteiger partial charge in [-0.25, -0.2) is 0 Å². The van der Waals surface area contributed by atoms with Gasteiger partial charge in [0.1, 0.15) is 0 Å². The average molecular weight is 132 g/mol. The fraction of sp³-hybridized carbons (Fsp3) is 0.222. The van der Waals surface area contributed by atoms with Crippen LogP contribution >= 0.6 is 0 Å². The van der Waals surface area contributed by atoms with Crippen LogP contribution in [0.5, 0.6) is 0 Å². The quantitative estimate of drug-likeness (QED) is 0.548. The summed E-state index contributed by atoms with van der Waals surface area (Å²) in [6.07, 6.45) is 3.76. The lowest BCUT2D eigenvalue weighted by atomic mass is 10.3. The third-order valence-electron chi connectivity index (χ3n) is 1.12. The van der Waals surface area contributed by atoms with Gasteiger partial charge in [0.05, 0.1) is 11.9 Å². The van der Waals surface area contributed by atoms with Crippen molar-refractivity contribution in [3.8, 4) is 0 Å². The van der Waals surface area contributed by atoms with E-state index in [-0.39, 0.29) is 0 Å². The zero-order chi connectivity index (χ0) is 7.23. The fourth-order valence-electron chi connectivity index (χ4n) is 0.673. The van der Waals surface area contributed by atoms with Gasteiger partial charge < -0.3 is 0 Å². The van der Waals surface area contributed by atoms with E-state index in [1.54, 1.807) is 0 Å². The lowest BCUT2D eigenvalue weighted by Crippen LogP contribution is -1.66. The summed E-state index contributed by atoms with van der Waals surface area (Å²) in [6.45, 7) is 2.02. The third-order valence-corrected chi connectivity index (χ3v) is 1.12. The smallest absolute Gasteiger partial charge is 0.0633 e. The summed E-state index contributed by atoms with van der Waals surface area (Å²) >= 11 is 0. The Kier molecular flexibility index (Phi) is 2.68. The highest BCUT2D eigenvalue weighted by molar-refractivity contribution is 5.62. The molecule has 0 heterocycles. The van der Waals surface area contributed by atoms with Crippen molar-refractivity contribution in [2.75, 3.05) is 0 Å². The molecule has 0 aromatic heterocycles. The van der Waals surface area contributed by atoms with Crippen LogP contribution in [-0.4, -0.2) is 6.21 Å². The maximum Gasteiger partial charge on any atom is 0.0633 e. The Morgan fingerprint density at radius 3 is 2.60 bits per heavy atom. The molecule has 0 aliphatic heterocycles. The Morgan fingerprint density at radius 2 is 2.00 bits per heavy atom. The maximum atomic E-state index is 4.07. The monoisotopic (exact) mass is 132 g/mol. The second kappa shape index (κ2) is 3.83. The van der Waals surface area contributed by atoms with Crippen LogP contribution in [0.4, 0.5) is 5.69 Å². The largest absolute Gasteiger partial charge is 0.252 e. The van der Waals surface area contributed by atoms with E-state index in [1.165, 1.54) is 0 Å². The Labute approximate surface area is 61.4 Å². The molecule has 0 atom stereocenters. The summed E-state index contributed by atoms with van der Waals surface area (Å²) in [5.74, 6) is 0. The van der Waals surface area contributed by atoms with Gasteiger partial charge >= 0.3 is 0 Å². The molecule has 0 saturated carbocycles. The number of para-hydroxylation sites is 1. The van der Waals surface area contributed by atoms with E-state index in [9.17, 15) is 0 Å². The van der Waals surface area contributed by atoms with Gasteiger partial charge in [-0.3, -0.25) is 4.99 Å². The molecule has 0 amide bonds. The van der Waals surface area contributed by atoms with Crippen molar-refractivity contribution in [2.24, 2.45) is 4.99 Å². The van der Waals surface area contributed by atoms with Gasteiger partial charge in [-0.1, -0.05) is 25.1 Å². The topological polar surface area (TPSA) is 12.4 Å². The van der Waals surface area contributed by atoms with Gasteiger partial charge in [-0.15, -0.1) is 0 Å². The van der Waals surface area contributed by atoms with Crippen LogP contribution in [0.25, 0.3) is 0 Å². The van der Waals surface area contributed by atoms with E-state index in [0.717, 1.165) is 12.1 Å². The van der Waals surface area contributed by atoms with Gasteiger partial charge in [0, 0.05) is 0 Å². The average Bonchev–Trinajstić information content (AvgIpc) is 2.03. The SMILES string of the molecule is CC/[C]=N\c1ccccc1. The number of benzene rings is 1. The van der Waals surface area contributed by atoms with E-state index in [0.29, 0.717) is 0 Å². The first-order valence-corrected chi connectivity index (χ1v) is 3.42. The van der Waals surface area contributed by atoms with Crippen molar-refractivity contribution in [1.82, 2.24) is 0 Å². The zero-order valence-corrected chi connectivity index (χ0v) is 6.04. The highest BCUT2D eigenvalue weighted by atomic mass is 14.7. The molecule has 0 aliphatic carbocycles. The minimum absolute atomic E-state index is 0.870.